The van der Waals surface area contributed by atoms with Crippen molar-refractivity contribution in [1.29, 1.82) is 0 Å². The largest absolute Gasteiger partial charge is 0.493 e. The molecule has 1 N–H and O–H groups in total. The van der Waals surface area contributed by atoms with Gasteiger partial charge in [-0.1, -0.05) is 31.5 Å². The number of aliphatic carboxylic acids is 1. The van der Waals surface area contributed by atoms with Crippen molar-refractivity contribution in [3.05, 3.63) is 71.3 Å². The molecule has 0 saturated carbocycles. The number of carbonyl (C=O) groups excluding carboxylic acids is 2. The fourth-order valence-corrected chi connectivity index (χ4v) is 6.46. The number of esters is 1. The Morgan fingerprint density at radius 3 is 2.14 bits per heavy atom. The van der Waals surface area contributed by atoms with Crippen LogP contribution in [0.4, 0.5) is 0 Å². The van der Waals surface area contributed by atoms with E-state index in [9.17, 15) is 14.4 Å². The summed E-state index contributed by atoms with van der Waals surface area (Å²) in [7, 11) is 7.73. The van der Waals surface area contributed by atoms with Gasteiger partial charge in [-0.15, -0.1) is 0 Å². The number of ether oxygens (including phenoxy) is 7. The minimum atomic E-state index is -1.10. The summed E-state index contributed by atoms with van der Waals surface area (Å²) in [6.07, 6.45) is 3.46. The summed E-state index contributed by atoms with van der Waals surface area (Å²) in [5.41, 5.74) is 2.29. The maximum absolute atomic E-state index is 14.4. The molecule has 0 bridgehead atoms. The number of benzene rings is 3. The molecule has 0 aliphatic carbocycles. The Labute approximate surface area is 299 Å². The van der Waals surface area contributed by atoms with E-state index < -0.39 is 36.6 Å². The van der Waals surface area contributed by atoms with Crippen molar-refractivity contribution >= 4 is 17.8 Å². The fraction of sp³-hybridized carbons (Fsp3) is 0.462. The number of hydrogen-bond acceptors (Lipinski definition) is 10. The molecule has 12 nitrogen and oxygen atoms in total. The number of hydrogen-bond donors (Lipinski definition) is 1. The molecule has 3 atom stereocenters. The molecule has 0 spiro atoms. The first kappa shape index (κ1) is 38.7. The van der Waals surface area contributed by atoms with Crippen LogP contribution < -0.4 is 28.4 Å². The second-order valence-electron chi connectivity index (χ2n) is 12.3. The summed E-state index contributed by atoms with van der Waals surface area (Å²) >= 11 is 0. The first-order valence-electron chi connectivity index (χ1n) is 17.1. The van der Waals surface area contributed by atoms with E-state index in [0.29, 0.717) is 77.9 Å². The summed E-state index contributed by atoms with van der Waals surface area (Å²) in [4.78, 5) is 41.4. The molecule has 1 fully saturated rings. The van der Waals surface area contributed by atoms with Gasteiger partial charge in [-0.05, 0) is 91.6 Å². The van der Waals surface area contributed by atoms with Crippen LogP contribution in [-0.4, -0.2) is 82.6 Å². The zero-order valence-corrected chi connectivity index (χ0v) is 30.3. The molecule has 276 valence electrons. The Morgan fingerprint density at radius 1 is 0.804 bits per heavy atom. The van der Waals surface area contributed by atoms with Crippen molar-refractivity contribution in [3.63, 3.8) is 0 Å². The maximum atomic E-state index is 14.4. The first-order chi connectivity index (χ1) is 24.7. The highest BCUT2D eigenvalue weighted by Gasteiger charge is 2.38. The average molecular weight is 708 g/mol. The molecule has 0 radical (unpaired) electrons. The highest BCUT2D eigenvalue weighted by Crippen LogP contribution is 2.42. The summed E-state index contributed by atoms with van der Waals surface area (Å²) in [6, 6.07) is 15.3. The Bertz CT molecular complexity index is 1620. The molecule has 12 heteroatoms. The molecule has 1 amide bonds. The monoisotopic (exact) mass is 707 g/mol. The van der Waals surface area contributed by atoms with Crippen LogP contribution in [0.5, 0.6) is 34.5 Å². The van der Waals surface area contributed by atoms with Gasteiger partial charge in [-0.2, -0.15) is 0 Å². The highest BCUT2D eigenvalue weighted by atomic mass is 16.5. The summed E-state index contributed by atoms with van der Waals surface area (Å²) in [5.74, 6) is 0.514. The van der Waals surface area contributed by atoms with Crippen LogP contribution in [0.3, 0.4) is 0 Å². The number of carbonyl (C=O) groups is 3. The van der Waals surface area contributed by atoms with Gasteiger partial charge < -0.3 is 43.2 Å². The second-order valence-corrected chi connectivity index (χ2v) is 12.3. The van der Waals surface area contributed by atoms with Gasteiger partial charge in [-0.3, -0.25) is 4.79 Å². The quantitative estimate of drug-likeness (QED) is 0.148. The minimum Gasteiger partial charge on any atom is -0.493 e. The standard InChI is InChI=1S/C39H49NO11/c1-7-11-29(27-22-34(47-4)37(49-6)35(23-27)48-5)38(43)40-19-9-8-14-30(40)39(44)51-31(26-12-10-13-28(21-26)50-24-36(41)42)17-15-25-16-18-32(45-2)33(20-25)46-3/h10,12-13,16,18,20-23,29-31H,7-9,11,14-15,17,19,24H2,1-6H3,(H,41,42)/t29-,30-,31?/m0/s1. The van der Waals surface area contributed by atoms with Gasteiger partial charge in [0.25, 0.3) is 0 Å². The maximum Gasteiger partial charge on any atom is 0.341 e. The van der Waals surface area contributed by atoms with Crippen molar-refractivity contribution in [1.82, 2.24) is 4.90 Å². The van der Waals surface area contributed by atoms with E-state index in [1.807, 2.05) is 31.2 Å². The molecule has 1 aliphatic heterocycles. The van der Waals surface area contributed by atoms with Crippen LogP contribution in [0.1, 0.15) is 74.2 Å². The van der Waals surface area contributed by atoms with Crippen molar-refractivity contribution in [2.24, 2.45) is 0 Å². The van der Waals surface area contributed by atoms with E-state index in [1.165, 1.54) is 21.3 Å². The van der Waals surface area contributed by atoms with Gasteiger partial charge >= 0.3 is 11.9 Å². The van der Waals surface area contributed by atoms with E-state index in [-0.39, 0.29) is 5.91 Å². The summed E-state index contributed by atoms with van der Waals surface area (Å²) in [5, 5.41) is 9.13. The van der Waals surface area contributed by atoms with E-state index in [0.717, 1.165) is 24.8 Å². The molecule has 1 saturated heterocycles. The molecule has 51 heavy (non-hydrogen) atoms. The zero-order chi connectivity index (χ0) is 36.9. The number of carboxylic acid groups (broad SMARTS) is 1. The Morgan fingerprint density at radius 2 is 1.51 bits per heavy atom. The topological polar surface area (TPSA) is 139 Å². The molecule has 1 heterocycles. The first-order valence-corrected chi connectivity index (χ1v) is 17.1. The summed E-state index contributed by atoms with van der Waals surface area (Å²) < 4.78 is 39.2. The number of nitrogens with zero attached hydrogens (tertiary/aromatic N) is 1. The van der Waals surface area contributed by atoms with Gasteiger partial charge in [0, 0.05) is 6.54 Å². The molecule has 1 unspecified atom stereocenters. The Hall–Kier alpha value is -5.13. The van der Waals surface area contributed by atoms with Gasteiger partial charge in [0.2, 0.25) is 11.7 Å². The lowest BCUT2D eigenvalue weighted by Gasteiger charge is -2.37. The SMILES string of the molecule is CCC[C@H](C(=O)N1CCCC[C@H]1C(=O)OC(CCc1ccc(OC)c(OC)c1)c1cccc(OCC(=O)O)c1)c1cc(OC)c(OC)c(OC)c1. The lowest BCUT2D eigenvalue weighted by molar-refractivity contribution is -0.162. The highest BCUT2D eigenvalue weighted by molar-refractivity contribution is 5.89. The number of piperidine rings is 1. The smallest absolute Gasteiger partial charge is 0.341 e. The van der Waals surface area contributed by atoms with Crippen molar-refractivity contribution in [2.75, 3.05) is 48.7 Å². The lowest BCUT2D eigenvalue weighted by atomic mass is 9.90. The van der Waals surface area contributed by atoms with Crippen LogP contribution in [-0.2, 0) is 25.5 Å². The zero-order valence-electron chi connectivity index (χ0n) is 30.3. The predicted octanol–water partition coefficient (Wildman–Crippen LogP) is 6.38. The van der Waals surface area contributed by atoms with Gasteiger partial charge in [-0.25, -0.2) is 9.59 Å². The van der Waals surface area contributed by atoms with Gasteiger partial charge in [0.1, 0.15) is 17.9 Å². The van der Waals surface area contributed by atoms with Crippen LogP contribution in [0.25, 0.3) is 0 Å². The molecular weight excluding hydrogens is 658 g/mol. The Kier molecular flexibility index (Phi) is 14.2. The molecule has 0 aromatic heterocycles. The Balaban J connectivity index is 1.63. The number of methoxy groups -OCH3 is 5. The number of aryl methyl sites for hydroxylation is 1. The van der Waals surface area contributed by atoms with E-state index >= 15 is 0 Å². The number of rotatable bonds is 18. The lowest BCUT2D eigenvalue weighted by Crippen LogP contribution is -2.50. The number of carboxylic acids is 1. The predicted molar refractivity (Wildman–Crippen MR) is 189 cm³/mol. The normalized spacial score (nSPS) is 15.3. The molecule has 1 aliphatic rings. The molecule has 3 aromatic rings. The average Bonchev–Trinajstić information content (AvgIpc) is 3.16. The summed E-state index contributed by atoms with van der Waals surface area (Å²) in [6.45, 7) is 1.92. The number of amides is 1. The third kappa shape index (κ3) is 9.77. The van der Waals surface area contributed by atoms with Crippen molar-refractivity contribution < 1.29 is 52.6 Å². The fourth-order valence-electron chi connectivity index (χ4n) is 6.46. The minimum absolute atomic E-state index is 0.168. The third-order valence-electron chi connectivity index (χ3n) is 9.02. The van der Waals surface area contributed by atoms with Crippen molar-refractivity contribution in [2.45, 2.75) is 69.9 Å². The van der Waals surface area contributed by atoms with Crippen LogP contribution in [0.15, 0.2) is 54.6 Å². The molecule has 3 aromatic carbocycles. The van der Waals surface area contributed by atoms with Gasteiger partial charge in [0.15, 0.2) is 29.6 Å². The van der Waals surface area contributed by atoms with Crippen molar-refractivity contribution in [3.8, 4) is 34.5 Å². The van der Waals surface area contributed by atoms with E-state index in [4.69, 9.17) is 38.3 Å². The van der Waals surface area contributed by atoms with Crippen LogP contribution >= 0.6 is 0 Å². The molecule has 4 rings (SSSR count). The second kappa shape index (κ2) is 18.7. The van der Waals surface area contributed by atoms with Crippen LogP contribution in [0, 0.1) is 0 Å². The number of likely N-dealkylation sites (tertiary alicyclic amines) is 1. The van der Waals surface area contributed by atoms with Crippen LogP contribution in [0.2, 0.25) is 0 Å². The molecular formula is C39H49NO11. The van der Waals surface area contributed by atoms with Gasteiger partial charge in [0.05, 0.1) is 41.5 Å². The third-order valence-corrected chi connectivity index (χ3v) is 9.02. The van der Waals surface area contributed by atoms with E-state index in [2.05, 4.69) is 0 Å². The van der Waals surface area contributed by atoms with E-state index in [1.54, 1.807) is 49.5 Å².